The van der Waals surface area contributed by atoms with Crippen molar-refractivity contribution < 1.29 is 4.79 Å². The van der Waals surface area contributed by atoms with Gasteiger partial charge in [0, 0.05) is 18.5 Å². The van der Waals surface area contributed by atoms with Crippen LogP contribution in [0.4, 0.5) is 0 Å². The Morgan fingerprint density at radius 3 is 3.00 bits per heavy atom. The van der Waals surface area contributed by atoms with E-state index in [1.54, 1.807) is 6.20 Å². The molecule has 0 aliphatic heterocycles. The number of hydrogen-bond acceptors (Lipinski definition) is 3. The van der Waals surface area contributed by atoms with E-state index in [-0.39, 0.29) is 11.5 Å². The average molecular weight is 268 g/mol. The quantitative estimate of drug-likeness (QED) is 0.742. The van der Waals surface area contributed by atoms with Crippen LogP contribution in [0, 0.1) is 0 Å². The first-order chi connectivity index (χ1) is 9.74. The van der Waals surface area contributed by atoms with E-state index >= 15 is 0 Å². The number of hydrogen-bond donors (Lipinski definition) is 2. The second-order valence-electron chi connectivity index (χ2n) is 4.29. The number of rotatable bonds is 3. The third kappa shape index (κ3) is 2.31. The molecule has 0 radical (unpaired) electrons. The van der Waals surface area contributed by atoms with Gasteiger partial charge in [-0.1, -0.05) is 6.07 Å². The maximum Gasteiger partial charge on any atom is 0.253 e. The van der Waals surface area contributed by atoms with Crippen LogP contribution < -0.4 is 10.9 Å². The molecule has 0 aromatic carbocycles. The van der Waals surface area contributed by atoms with Crippen LogP contribution in [0.1, 0.15) is 16.2 Å². The fourth-order valence-electron chi connectivity index (χ4n) is 1.94. The van der Waals surface area contributed by atoms with Crippen molar-refractivity contribution >= 4 is 11.4 Å². The average Bonchev–Trinajstić information content (AvgIpc) is 2.89. The number of H-pyrrole nitrogens is 1. The maximum atomic E-state index is 11.9. The molecular weight excluding hydrogens is 256 g/mol. The van der Waals surface area contributed by atoms with E-state index in [2.05, 4.69) is 15.3 Å². The molecule has 0 atom stereocenters. The Labute approximate surface area is 114 Å². The van der Waals surface area contributed by atoms with E-state index in [0.29, 0.717) is 12.1 Å². The number of pyridine rings is 2. The molecule has 3 aromatic heterocycles. The topological polar surface area (TPSA) is 79.3 Å². The van der Waals surface area contributed by atoms with E-state index in [4.69, 9.17) is 0 Å². The van der Waals surface area contributed by atoms with Crippen molar-refractivity contribution in [1.29, 1.82) is 0 Å². The van der Waals surface area contributed by atoms with Crippen LogP contribution in [0.2, 0.25) is 0 Å². The third-order valence-corrected chi connectivity index (χ3v) is 2.97. The zero-order valence-corrected chi connectivity index (χ0v) is 10.5. The molecule has 100 valence electrons. The molecule has 6 heteroatoms. The fourth-order valence-corrected chi connectivity index (χ4v) is 1.94. The van der Waals surface area contributed by atoms with Gasteiger partial charge in [0.1, 0.15) is 5.82 Å². The summed E-state index contributed by atoms with van der Waals surface area (Å²) < 4.78 is 1.91. The predicted molar refractivity (Wildman–Crippen MR) is 73.4 cm³/mol. The van der Waals surface area contributed by atoms with E-state index in [1.807, 2.05) is 28.8 Å². The van der Waals surface area contributed by atoms with Crippen molar-refractivity contribution in [3.63, 3.8) is 0 Å². The number of aromatic nitrogens is 3. The lowest BCUT2D eigenvalue weighted by molar-refractivity contribution is 0.0949. The predicted octanol–water partition coefficient (Wildman–Crippen LogP) is 0.953. The Balaban J connectivity index is 1.74. The number of fused-ring (bicyclic) bond motifs is 1. The van der Waals surface area contributed by atoms with Gasteiger partial charge in [-0.05, 0) is 18.2 Å². The molecule has 0 saturated heterocycles. The summed E-state index contributed by atoms with van der Waals surface area (Å²) in [4.78, 5) is 29.6. The number of carbonyl (C=O) groups excluding carboxylic acids is 1. The molecule has 1 amide bonds. The molecule has 6 nitrogen and oxygen atoms in total. The molecular formula is C14H12N4O2. The first-order valence-electron chi connectivity index (χ1n) is 6.12. The Kier molecular flexibility index (Phi) is 3.04. The molecule has 0 aliphatic rings. The maximum absolute atomic E-state index is 11.9. The number of amides is 1. The van der Waals surface area contributed by atoms with Gasteiger partial charge in [0.15, 0.2) is 0 Å². The van der Waals surface area contributed by atoms with Gasteiger partial charge < -0.3 is 14.7 Å². The van der Waals surface area contributed by atoms with E-state index in [9.17, 15) is 9.59 Å². The van der Waals surface area contributed by atoms with Crippen LogP contribution in [0.25, 0.3) is 5.52 Å². The summed E-state index contributed by atoms with van der Waals surface area (Å²) in [6, 6.07) is 8.58. The summed E-state index contributed by atoms with van der Waals surface area (Å²) in [5.74, 6) is 0.493. The van der Waals surface area contributed by atoms with Crippen LogP contribution in [0.5, 0.6) is 0 Å². The Hall–Kier alpha value is -2.89. The van der Waals surface area contributed by atoms with Crippen LogP contribution in [0.3, 0.4) is 0 Å². The lowest BCUT2D eigenvalue weighted by atomic mass is 10.2. The number of imidazole rings is 1. The normalized spacial score (nSPS) is 10.6. The first-order valence-corrected chi connectivity index (χ1v) is 6.12. The van der Waals surface area contributed by atoms with Gasteiger partial charge >= 0.3 is 0 Å². The SMILES string of the molecule is O=C(NCc1ncc2ccccn12)c1ccc(=O)[nH]c1. The van der Waals surface area contributed by atoms with E-state index in [1.165, 1.54) is 18.3 Å². The van der Waals surface area contributed by atoms with Gasteiger partial charge in [-0.15, -0.1) is 0 Å². The van der Waals surface area contributed by atoms with Crippen LogP contribution >= 0.6 is 0 Å². The Morgan fingerprint density at radius 1 is 1.30 bits per heavy atom. The third-order valence-electron chi connectivity index (χ3n) is 2.97. The molecule has 3 aromatic rings. The number of aromatic amines is 1. The van der Waals surface area contributed by atoms with Crippen LogP contribution in [-0.4, -0.2) is 20.3 Å². The van der Waals surface area contributed by atoms with Gasteiger partial charge in [0.2, 0.25) is 5.56 Å². The van der Waals surface area contributed by atoms with Crippen molar-refractivity contribution in [2.24, 2.45) is 0 Å². The van der Waals surface area contributed by atoms with Crippen molar-refractivity contribution in [1.82, 2.24) is 19.7 Å². The van der Waals surface area contributed by atoms with Crippen molar-refractivity contribution in [2.75, 3.05) is 0 Å². The highest BCUT2D eigenvalue weighted by Gasteiger charge is 2.07. The van der Waals surface area contributed by atoms with Gasteiger partial charge in [-0.3, -0.25) is 9.59 Å². The molecule has 0 aliphatic carbocycles. The van der Waals surface area contributed by atoms with Gasteiger partial charge in [0.05, 0.1) is 23.8 Å². The smallest absolute Gasteiger partial charge is 0.253 e. The first kappa shape index (κ1) is 12.2. The Morgan fingerprint density at radius 2 is 2.20 bits per heavy atom. The molecule has 2 N–H and O–H groups in total. The lowest BCUT2D eigenvalue weighted by Gasteiger charge is -2.04. The van der Waals surface area contributed by atoms with E-state index in [0.717, 1.165) is 11.3 Å². The van der Waals surface area contributed by atoms with E-state index < -0.39 is 0 Å². The monoisotopic (exact) mass is 268 g/mol. The molecule has 0 fully saturated rings. The zero-order valence-electron chi connectivity index (χ0n) is 10.5. The summed E-state index contributed by atoms with van der Waals surface area (Å²) >= 11 is 0. The minimum absolute atomic E-state index is 0.235. The van der Waals surface area contributed by atoms with Gasteiger partial charge in [-0.25, -0.2) is 4.98 Å². The number of carbonyl (C=O) groups is 1. The fraction of sp³-hybridized carbons (Fsp3) is 0.0714. The highest BCUT2D eigenvalue weighted by Crippen LogP contribution is 2.06. The molecule has 3 heterocycles. The highest BCUT2D eigenvalue weighted by atomic mass is 16.1. The van der Waals surface area contributed by atoms with Crippen molar-refractivity contribution in [3.8, 4) is 0 Å². The molecule has 0 saturated carbocycles. The molecule has 0 spiro atoms. The van der Waals surface area contributed by atoms with Crippen molar-refractivity contribution in [3.05, 3.63) is 70.7 Å². The zero-order chi connectivity index (χ0) is 13.9. The number of nitrogens with one attached hydrogen (secondary N) is 2. The lowest BCUT2D eigenvalue weighted by Crippen LogP contribution is -2.24. The van der Waals surface area contributed by atoms with Crippen LogP contribution in [0.15, 0.2) is 53.7 Å². The summed E-state index contributed by atoms with van der Waals surface area (Å²) in [5.41, 5.74) is 1.15. The summed E-state index contributed by atoms with van der Waals surface area (Å²) in [5, 5.41) is 2.77. The minimum Gasteiger partial charge on any atom is -0.345 e. The van der Waals surface area contributed by atoms with Crippen LogP contribution in [-0.2, 0) is 6.54 Å². The van der Waals surface area contributed by atoms with Gasteiger partial charge in [0.25, 0.3) is 5.91 Å². The summed E-state index contributed by atoms with van der Waals surface area (Å²) in [7, 11) is 0. The van der Waals surface area contributed by atoms with Gasteiger partial charge in [-0.2, -0.15) is 0 Å². The molecule has 0 unspecified atom stereocenters. The summed E-state index contributed by atoms with van der Waals surface area (Å²) in [6.45, 7) is 0.316. The second kappa shape index (κ2) is 5.00. The standard InChI is InChI=1S/C14H12N4O2/c19-13-5-4-10(7-16-13)14(20)17-9-12-15-8-11-3-1-2-6-18(11)12/h1-8H,9H2,(H,16,19)(H,17,20). The molecule has 0 bridgehead atoms. The largest absolute Gasteiger partial charge is 0.345 e. The number of nitrogens with zero attached hydrogens (tertiary/aromatic N) is 2. The Bertz CT molecular complexity index is 799. The minimum atomic E-state index is -0.256. The second-order valence-corrected chi connectivity index (χ2v) is 4.29. The van der Waals surface area contributed by atoms with Crippen molar-refractivity contribution in [2.45, 2.75) is 6.54 Å². The summed E-state index contributed by atoms with van der Waals surface area (Å²) in [6.07, 6.45) is 5.03. The molecule has 3 rings (SSSR count). The highest BCUT2D eigenvalue weighted by molar-refractivity contribution is 5.93. The molecule has 20 heavy (non-hydrogen) atoms.